The van der Waals surface area contributed by atoms with Crippen LogP contribution in [0, 0.1) is 12.3 Å². The highest BCUT2D eigenvalue weighted by Crippen LogP contribution is 2.10. The van der Waals surface area contributed by atoms with Gasteiger partial charge in [-0.3, -0.25) is 4.79 Å². The number of rotatable bonds is 3. The number of nitrogens with zero attached hydrogens (tertiary/aromatic N) is 1. The summed E-state index contributed by atoms with van der Waals surface area (Å²) in [5.41, 5.74) is 6.08. The molecule has 13 heavy (non-hydrogen) atoms. The number of hydrogen-bond acceptors (Lipinski definition) is 4. The van der Waals surface area contributed by atoms with Crippen molar-refractivity contribution in [3.05, 3.63) is 11.1 Å². The second-order valence-electron chi connectivity index (χ2n) is 2.33. The lowest BCUT2D eigenvalue weighted by Gasteiger charge is -1.97. The Balaban J connectivity index is 2.41. The van der Waals surface area contributed by atoms with Gasteiger partial charge in [-0.15, -0.1) is 17.8 Å². The molecule has 4 nitrogen and oxygen atoms in total. The number of hydrogen-bond donors (Lipinski definition) is 2. The third-order valence-corrected chi connectivity index (χ3v) is 2.02. The number of amides is 1. The zero-order valence-corrected chi connectivity index (χ0v) is 7.73. The average Bonchev–Trinajstić information content (AvgIpc) is 2.48. The minimum atomic E-state index is -0.136. The van der Waals surface area contributed by atoms with E-state index < -0.39 is 0 Å². The fourth-order valence-electron chi connectivity index (χ4n) is 0.780. The first-order chi connectivity index (χ1) is 6.22. The number of terminal acetylenes is 1. The molecule has 0 aromatic carbocycles. The highest BCUT2D eigenvalue weighted by atomic mass is 32.1. The topological polar surface area (TPSA) is 68.0 Å². The summed E-state index contributed by atoms with van der Waals surface area (Å²) in [7, 11) is 0. The van der Waals surface area contributed by atoms with Crippen LogP contribution in [0.3, 0.4) is 0 Å². The van der Waals surface area contributed by atoms with Crippen molar-refractivity contribution in [3.8, 4) is 12.3 Å². The van der Waals surface area contributed by atoms with E-state index in [-0.39, 0.29) is 18.9 Å². The van der Waals surface area contributed by atoms with Gasteiger partial charge in [-0.25, -0.2) is 4.98 Å². The summed E-state index contributed by atoms with van der Waals surface area (Å²) in [5, 5.41) is 4.77. The maximum atomic E-state index is 11.1. The molecular weight excluding hydrogens is 186 g/mol. The van der Waals surface area contributed by atoms with Crippen LogP contribution in [0.15, 0.2) is 5.38 Å². The lowest BCUT2D eigenvalue weighted by atomic mass is 10.3. The van der Waals surface area contributed by atoms with E-state index in [1.807, 2.05) is 0 Å². The monoisotopic (exact) mass is 195 g/mol. The van der Waals surface area contributed by atoms with Crippen molar-refractivity contribution < 1.29 is 4.79 Å². The third-order valence-electron chi connectivity index (χ3n) is 1.30. The van der Waals surface area contributed by atoms with Crippen molar-refractivity contribution in [3.63, 3.8) is 0 Å². The normalized spacial score (nSPS) is 9.15. The zero-order chi connectivity index (χ0) is 9.68. The molecule has 3 N–H and O–H groups in total. The molecule has 0 aliphatic rings. The van der Waals surface area contributed by atoms with Crippen LogP contribution in [-0.2, 0) is 11.2 Å². The Hall–Kier alpha value is -1.54. The molecule has 0 radical (unpaired) electrons. The Bertz CT molecular complexity index is 339. The Kier molecular flexibility index (Phi) is 3.29. The molecule has 0 saturated heterocycles. The fourth-order valence-corrected chi connectivity index (χ4v) is 1.34. The van der Waals surface area contributed by atoms with Crippen LogP contribution in [0.2, 0.25) is 0 Å². The smallest absolute Gasteiger partial charge is 0.226 e. The van der Waals surface area contributed by atoms with E-state index in [1.54, 1.807) is 5.38 Å². The van der Waals surface area contributed by atoms with Crippen molar-refractivity contribution in [1.82, 2.24) is 10.3 Å². The number of nitrogens with one attached hydrogen (secondary N) is 1. The number of thiazole rings is 1. The molecule has 0 bridgehead atoms. The van der Waals surface area contributed by atoms with Crippen LogP contribution < -0.4 is 11.1 Å². The zero-order valence-electron chi connectivity index (χ0n) is 6.91. The first kappa shape index (κ1) is 9.55. The molecule has 1 aromatic heterocycles. The van der Waals surface area contributed by atoms with E-state index in [4.69, 9.17) is 12.2 Å². The number of carbonyl (C=O) groups is 1. The van der Waals surface area contributed by atoms with E-state index in [9.17, 15) is 4.79 Å². The van der Waals surface area contributed by atoms with Crippen molar-refractivity contribution in [2.24, 2.45) is 0 Å². The van der Waals surface area contributed by atoms with Gasteiger partial charge in [0.15, 0.2) is 5.13 Å². The molecule has 5 heteroatoms. The largest absolute Gasteiger partial charge is 0.375 e. The predicted molar refractivity (Wildman–Crippen MR) is 52.1 cm³/mol. The van der Waals surface area contributed by atoms with E-state index in [0.717, 1.165) is 0 Å². The van der Waals surface area contributed by atoms with Crippen LogP contribution in [-0.4, -0.2) is 17.4 Å². The van der Waals surface area contributed by atoms with Crippen LogP contribution in [0.1, 0.15) is 5.69 Å². The summed E-state index contributed by atoms with van der Waals surface area (Å²) in [6, 6.07) is 0. The van der Waals surface area contributed by atoms with Gasteiger partial charge >= 0.3 is 0 Å². The second kappa shape index (κ2) is 4.48. The minimum Gasteiger partial charge on any atom is -0.375 e. The lowest BCUT2D eigenvalue weighted by molar-refractivity contribution is -0.120. The van der Waals surface area contributed by atoms with Crippen LogP contribution >= 0.6 is 11.3 Å². The van der Waals surface area contributed by atoms with E-state index >= 15 is 0 Å². The van der Waals surface area contributed by atoms with Crippen LogP contribution in [0.4, 0.5) is 5.13 Å². The summed E-state index contributed by atoms with van der Waals surface area (Å²) in [4.78, 5) is 15.0. The highest BCUT2D eigenvalue weighted by molar-refractivity contribution is 7.13. The maximum Gasteiger partial charge on any atom is 0.226 e. The van der Waals surface area contributed by atoms with E-state index in [0.29, 0.717) is 10.8 Å². The molecular formula is C8H9N3OS. The van der Waals surface area contributed by atoms with Crippen molar-refractivity contribution in [2.45, 2.75) is 6.42 Å². The molecule has 0 aliphatic carbocycles. The Morgan fingerprint density at radius 1 is 1.85 bits per heavy atom. The Morgan fingerprint density at radius 2 is 2.62 bits per heavy atom. The van der Waals surface area contributed by atoms with Crippen molar-refractivity contribution in [2.75, 3.05) is 12.3 Å². The molecule has 1 rings (SSSR count). The summed E-state index contributed by atoms with van der Waals surface area (Å²) in [6.45, 7) is 0.248. The summed E-state index contributed by atoms with van der Waals surface area (Å²) >= 11 is 1.32. The number of nitrogens with two attached hydrogens (primary N) is 1. The quantitative estimate of drug-likeness (QED) is 0.668. The van der Waals surface area contributed by atoms with Crippen LogP contribution in [0.25, 0.3) is 0 Å². The van der Waals surface area contributed by atoms with Gasteiger partial charge < -0.3 is 11.1 Å². The minimum absolute atomic E-state index is 0.136. The van der Waals surface area contributed by atoms with E-state index in [2.05, 4.69) is 16.2 Å². The van der Waals surface area contributed by atoms with Gasteiger partial charge in [0.2, 0.25) is 5.91 Å². The highest BCUT2D eigenvalue weighted by Gasteiger charge is 2.04. The second-order valence-corrected chi connectivity index (χ2v) is 3.22. The van der Waals surface area contributed by atoms with Gasteiger partial charge in [-0.05, 0) is 0 Å². The molecule has 0 saturated carbocycles. The molecule has 68 valence electrons. The molecule has 0 aliphatic heterocycles. The number of aromatic nitrogens is 1. The molecule has 0 atom stereocenters. The SMILES string of the molecule is C#CCNC(=O)Cc1csc(N)n1. The van der Waals surface area contributed by atoms with Gasteiger partial charge in [0.25, 0.3) is 0 Å². The molecule has 1 aromatic rings. The standard InChI is InChI=1S/C8H9N3OS/c1-2-3-10-7(12)4-6-5-13-8(9)11-6/h1,5H,3-4H2,(H2,9,11)(H,10,12). The van der Waals surface area contributed by atoms with Gasteiger partial charge in [0, 0.05) is 5.38 Å². The van der Waals surface area contributed by atoms with Gasteiger partial charge in [-0.1, -0.05) is 5.92 Å². The van der Waals surface area contributed by atoms with E-state index in [1.165, 1.54) is 11.3 Å². The molecule has 0 spiro atoms. The first-order valence-electron chi connectivity index (χ1n) is 3.62. The van der Waals surface area contributed by atoms with Crippen molar-refractivity contribution in [1.29, 1.82) is 0 Å². The van der Waals surface area contributed by atoms with Crippen LogP contribution in [0.5, 0.6) is 0 Å². The van der Waals surface area contributed by atoms with Gasteiger partial charge in [0.1, 0.15) is 0 Å². The lowest BCUT2D eigenvalue weighted by Crippen LogP contribution is -2.25. The fraction of sp³-hybridized carbons (Fsp3) is 0.250. The number of anilines is 1. The van der Waals surface area contributed by atoms with Gasteiger partial charge in [-0.2, -0.15) is 0 Å². The first-order valence-corrected chi connectivity index (χ1v) is 4.50. The molecule has 0 fully saturated rings. The van der Waals surface area contributed by atoms with Crippen molar-refractivity contribution >= 4 is 22.4 Å². The summed E-state index contributed by atoms with van der Waals surface area (Å²) in [6.07, 6.45) is 5.21. The summed E-state index contributed by atoms with van der Waals surface area (Å²) in [5.74, 6) is 2.18. The summed E-state index contributed by atoms with van der Waals surface area (Å²) < 4.78 is 0. The molecule has 0 unspecified atom stereocenters. The average molecular weight is 195 g/mol. The number of nitrogen functional groups attached to an aromatic ring is 1. The molecule has 1 heterocycles. The number of carbonyl (C=O) groups excluding carboxylic acids is 1. The Labute approximate surface area is 80.2 Å². The predicted octanol–water partition coefficient (Wildman–Crippen LogP) is 0.0172. The third kappa shape index (κ3) is 3.13. The molecule has 1 amide bonds. The Morgan fingerprint density at radius 3 is 3.15 bits per heavy atom. The van der Waals surface area contributed by atoms with Gasteiger partial charge in [0.05, 0.1) is 18.7 Å². The maximum absolute atomic E-state index is 11.1.